The molecule has 2 heterocycles. The number of hydrogen-bond donors (Lipinski definition) is 0. The molecule has 2 fully saturated rings. The van der Waals surface area contributed by atoms with E-state index in [2.05, 4.69) is 22.6 Å². The fourth-order valence-electron chi connectivity index (χ4n) is 1.78. The van der Waals surface area contributed by atoms with Crippen molar-refractivity contribution in [3.8, 4) is 0 Å². The molecule has 0 aromatic heterocycles. The first-order valence-electron chi connectivity index (χ1n) is 4.12. The van der Waals surface area contributed by atoms with Crippen molar-refractivity contribution in [1.82, 2.24) is 0 Å². The lowest BCUT2D eigenvalue weighted by Crippen LogP contribution is -2.44. The van der Waals surface area contributed by atoms with Gasteiger partial charge in [0.1, 0.15) is 6.10 Å². The fourth-order valence-corrected chi connectivity index (χ4v) is 2.57. The highest BCUT2D eigenvalue weighted by Gasteiger charge is 2.54. The van der Waals surface area contributed by atoms with Crippen LogP contribution in [0.25, 0.3) is 0 Å². The number of hydrogen-bond acceptors (Lipinski definition) is 3. The van der Waals surface area contributed by atoms with Crippen molar-refractivity contribution < 1.29 is 14.3 Å². The Morgan fingerprint density at radius 3 is 3.08 bits per heavy atom. The molecule has 2 saturated heterocycles. The summed E-state index contributed by atoms with van der Waals surface area (Å²) in [6.07, 6.45) is 0.903. The minimum atomic E-state index is -0.0695. The first kappa shape index (κ1) is 8.74. The first-order chi connectivity index (χ1) is 5.64. The Hall–Kier alpha value is 0.160. The highest BCUT2D eigenvalue weighted by atomic mass is 127. The van der Waals surface area contributed by atoms with Crippen LogP contribution in [0, 0.1) is 5.92 Å². The molecule has 0 aliphatic carbocycles. The molecular formula is C8H11IO3. The highest BCUT2D eigenvalue weighted by Crippen LogP contribution is 2.45. The van der Waals surface area contributed by atoms with Gasteiger partial charge in [-0.2, -0.15) is 0 Å². The Labute approximate surface area is 84.9 Å². The van der Waals surface area contributed by atoms with Crippen LogP contribution in [0.3, 0.4) is 0 Å². The monoisotopic (exact) mass is 282 g/mol. The molecule has 0 spiro atoms. The molecule has 0 radical (unpaired) electrons. The third kappa shape index (κ3) is 1.08. The summed E-state index contributed by atoms with van der Waals surface area (Å²) in [7, 11) is 0. The van der Waals surface area contributed by atoms with Gasteiger partial charge >= 0.3 is 5.97 Å². The number of alkyl halides is 1. The summed E-state index contributed by atoms with van der Waals surface area (Å²) in [5, 5.41) is 0. The molecule has 2 rings (SSSR count). The summed E-state index contributed by atoms with van der Waals surface area (Å²) in [4.78, 5) is 11.3. The van der Waals surface area contributed by atoms with Crippen LogP contribution < -0.4 is 0 Å². The Bertz CT molecular complexity index is 218. The number of carbonyl (C=O) groups excluding carboxylic acids is 1. The number of rotatable bonds is 0. The van der Waals surface area contributed by atoms with E-state index in [1.807, 2.05) is 6.92 Å². The number of fused-ring (bicyclic) bond motifs is 1. The van der Waals surface area contributed by atoms with Crippen molar-refractivity contribution in [3.05, 3.63) is 0 Å². The van der Waals surface area contributed by atoms with Crippen molar-refractivity contribution in [2.75, 3.05) is 13.2 Å². The number of esters is 1. The Morgan fingerprint density at radius 1 is 1.67 bits per heavy atom. The van der Waals surface area contributed by atoms with E-state index in [1.165, 1.54) is 0 Å². The second kappa shape index (κ2) is 2.83. The summed E-state index contributed by atoms with van der Waals surface area (Å²) in [5.74, 6) is -0.0492. The lowest BCUT2D eigenvalue weighted by Gasteiger charge is -2.33. The minimum Gasteiger partial charge on any atom is -0.458 e. The molecule has 2 aliphatic rings. The first-order valence-corrected chi connectivity index (χ1v) is 5.19. The molecule has 0 aromatic rings. The maximum atomic E-state index is 11.3. The number of halogens is 1. The van der Waals surface area contributed by atoms with E-state index in [-0.39, 0.29) is 21.4 Å². The molecule has 12 heavy (non-hydrogen) atoms. The third-order valence-electron chi connectivity index (χ3n) is 2.77. The van der Waals surface area contributed by atoms with Crippen molar-refractivity contribution >= 4 is 28.6 Å². The van der Waals surface area contributed by atoms with E-state index < -0.39 is 0 Å². The number of carbonyl (C=O) groups is 1. The second-order valence-corrected chi connectivity index (χ2v) is 5.41. The van der Waals surface area contributed by atoms with E-state index in [4.69, 9.17) is 9.47 Å². The topological polar surface area (TPSA) is 35.5 Å². The summed E-state index contributed by atoms with van der Waals surface area (Å²) in [6.45, 7) is 3.26. The van der Waals surface area contributed by atoms with Crippen molar-refractivity contribution in [1.29, 1.82) is 0 Å². The van der Waals surface area contributed by atoms with Gasteiger partial charge in [-0.1, -0.05) is 29.5 Å². The van der Waals surface area contributed by atoms with E-state index in [0.717, 1.165) is 13.0 Å². The van der Waals surface area contributed by atoms with Crippen LogP contribution in [0.15, 0.2) is 0 Å². The summed E-state index contributed by atoms with van der Waals surface area (Å²) < 4.78 is 10.5. The van der Waals surface area contributed by atoms with E-state index >= 15 is 0 Å². The lowest BCUT2D eigenvalue weighted by atomic mass is 9.88. The van der Waals surface area contributed by atoms with Crippen LogP contribution in [-0.2, 0) is 14.3 Å². The predicted molar refractivity (Wildman–Crippen MR) is 51.2 cm³/mol. The van der Waals surface area contributed by atoms with Gasteiger partial charge < -0.3 is 9.47 Å². The molecule has 0 aromatic carbocycles. The van der Waals surface area contributed by atoms with Gasteiger partial charge in [-0.05, 0) is 6.42 Å². The van der Waals surface area contributed by atoms with Gasteiger partial charge in [0.25, 0.3) is 0 Å². The van der Waals surface area contributed by atoms with Crippen LogP contribution in [0.5, 0.6) is 0 Å². The molecule has 0 saturated carbocycles. The second-order valence-electron chi connectivity index (χ2n) is 3.40. The van der Waals surface area contributed by atoms with E-state index in [1.54, 1.807) is 0 Å². The van der Waals surface area contributed by atoms with Gasteiger partial charge in [-0.25, -0.2) is 0 Å². The molecule has 3 nitrogen and oxygen atoms in total. The van der Waals surface area contributed by atoms with Gasteiger partial charge in [0.05, 0.1) is 15.9 Å². The van der Waals surface area contributed by atoms with Crippen LogP contribution in [0.4, 0.5) is 0 Å². The molecule has 3 atom stereocenters. The van der Waals surface area contributed by atoms with Gasteiger partial charge in [0, 0.05) is 6.61 Å². The van der Waals surface area contributed by atoms with E-state index in [9.17, 15) is 4.79 Å². The van der Waals surface area contributed by atoms with Crippen molar-refractivity contribution in [2.24, 2.45) is 5.92 Å². The fraction of sp³-hybridized carbons (Fsp3) is 0.875. The molecule has 0 N–H and O–H groups in total. The van der Waals surface area contributed by atoms with Gasteiger partial charge in [0.15, 0.2) is 0 Å². The van der Waals surface area contributed by atoms with E-state index in [0.29, 0.717) is 6.61 Å². The zero-order valence-corrected chi connectivity index (χ0v) is 9.04. The standard InChI is InChI=1S/C8H11IO3/c1-5-7(10)12-6-4-11-3-2-8(5,6)9/h5-6H,2-4H2,1H3. The summed E-state index contributed by atoms with van der Waals surface area (Å²) >= 11 is 2.36. The third-order valence-corrected chi connectivity index (χ3v) is 4.93. The SMILES string of the molecule is CC1C(=O)OC2COCCC21I. The molecule has 0 amide bonds. The van der Waals surface area contributed by atoms with Crippen LogP contribution in [0.1, 0.15) is 13.3 Å². The molecular weight excluding hydrogens is 271 g/mol. The normalized spacial score (nSPS) is 47.0. The zero-order chi connectivity index (χ0) is 8.77. The highest BCUT2D eigenvalue weighted by molar-refractivity contribution is 14.1. The van der Waals surface area contributed by atoms with Gasteiger partial charge in [0.2, 0.25) is 0 Å². The molecule has 3 unspecified atom stereocenters. The van der Waals surface area contributed by atoms with Crippen LogP contribution in [0.2, 0.25) is 0 Å². The molecule has 68 valence electrons. The minimum absolute atomic E-state index is 0.00685. The quantitative estimate of drug-likeness (QED) is 0.380. The lowest BCUT2D eigenvalue weighted by molar-refractivity contribution is -0.146. The maximum absolute atomic E-state index is 11.3. The van der Waals surface area contributed by atoms with Crippen LogP contribution >= 0.6 is 22.6 Å². The number of ether oxygens (including phenoxy) is 2. The summed E-state index contributed by atoms with van der Waals surface area (Å²) in [6, 6.07) is 0. The summed E-state index contributed by atoms with van der Waals surface area (Å²) in [5.41, 5.74) is 0. The molecule has 4 heteroatoms. The van der Waals surface area contributed by atoms with Gasteiger partial charge in [-0.15, -0.1) is 0 Å². The van der Waals surface area contributed by atoms with Crippen molar-refractivity contribution in [3.63, 3.8) is 0 Å². The average Bonchev–Trinajstić information content (AvgIpc) is 2.28. The Morgan fingerprint density at radius 2 is 2.42 bits per heavy atom. The zero-order valence-electron chi connectivity index (χ0n) is 6.88. The Balaban J connectivity index is 2.25. The maximum Gasteiger partial charge on any atom is 0.310 e. The molecule has 2 aliphatic heterocycles. The van der Waals surface area contributed by atoms with Gasteiger partial charge in [-0.3, -0.25) is 4.79 Å². The smallest absolute Gasteiger partial charge is 0.310 e. The molecule has 0 bridgehead atoms. The average molecular weight is 282 g/mol. The largest absolute Gasteiger partial charge is 0.458 e. The van der Waals surface area contributed by atoms with Crippen LogP contribution in [-0.4, -0.2) is 28.7 Å². The van der Waals surface area contributed by atoms with Crippen molar-refractivity contribution in [2.45, 2.75) is 22.9 Å². The predicted octanol–water partition coefficient (Wildman–Crippen LogP) is 1.14. The Kier molecular flexibility index (Phi) is 2.07.